The highest BCUT2D eigenvalue weighted by atomic mass is 32.2. The van der Waals surface area contributed by atoms with Crippen LogP contribution in [0, 0.1) is 0 Å². The summed E-state index contributed by atoms with van der Waals surface area (Å²) in [6.07, 6.45) is 5.16. The maximum Gasteiger partial charge on any atom is 0.187 e. The van der Waals surface area contributed by atoms with E-state index in [2.05, 4.69) is 14.6 Å². The van der Waals surface area contributed by atoms with Crippen LogP contribution in [0.2, 0.25) is 0 Å². The molecular weight excluding hydrogens is 308 g/mol. The van der Waals surface area contributed by atoms with Crippen LogP contribution in [-0.4, -0.2) is 48.1 Å². The number of nitrogens with one attached hydrogen (secondary N) is 1. The Balaban J connectivity index is 1.53. The Labute approximate surface area is 128 Å². The second kappa shape index (κ2) is 4.82. The van der Waals surface area contributed by atoms with Crippen molar-refractivity contribution in [2.75, 3.05) is 24.1 Å². The minimum Gasteiger partial charge on any atom is -0.382 e. The molecule has 0 spiro atoms. The van der Waals surface area contributed by atoms with Crippen molar-refractivity contribution in [3.63, 3.8) is 0 Å². The van der Waals surface area contributed by atoms with Crippen molar-refractivity contribution < 1.29 is 8.42 Å². The molecule has 1 aromatic rings. The van der Waals surface area contributed by atoms with Gasteiger partial charge in [-0.25, -0.2) is 8.42 Å². The number of nitrogens with two attached hydrogens (primary N) is 1. The van der Waals surface area contributed by atoms with Gasteiger partial charge in [-0.3, -0.25) is 4.90 Å². The van der Waals surface area contributed by atoms with Crippen molar-refractivity contribution in [3.8, 4) is 0 Å². The van der Waals surface area contributed by atoms with Gasteiger partial charge in [0.15, 0.2) is 15.7 Å². The van der Waals surface area contributed by atoms with Gasteiger partial charge >= 0.3 is 0 Å². The van der Waals surface area contributed by atoms with Gasteiger partial charge in [-0.1, -0.05) is 0 Å². The highest BCUT2D eigenvalue weighted by Crippen LogP contribution is 2.41. The van der Waals surface area contributed by atoms with Crippen molar-refractivity contribution in [1.29, 1.82) is 0 Å². The zero-order chi connectivity index (χ0) is 14.6. The molecule has 1 atom stereocenters. The molecule has 3 aliphatic rings. The molecule has 2 heterocycles. The third-order valence-corrected chi connectivity index (χ3v) is 7.79. The summed E-state index contributed by atoms with van der Waals surface area (Å²) in [5, 5.41) is 3.78. The van der Waals surface area contributed by atoms with E-state index in [1.54, 1.807) is 0 Å². The molecule has 0 aromatic carbocycles. The first-order valence-corrected chi connectivity index (χ1v) is 9.87. The van der Waals surface area contributed by atoms with Gasteiger partial charge in [0.2, 0.25) is 0 Å². The van der Waals surface area contributed by atoms with Gasteiger partial charge < -0.3 is 11.1 Å². The highest BCUT2D eigenvalue weighted by Gasteiger charge is 2.41. The number of aromatic nitrogens is 1. The van der Waals surface area contributed by atoms with Crippen molar-refractivity contribution >= 4 is 32.2 Å². The molecule has 0 amide bonds. The zero-order valence-electron chi connectivity index (χ0n) is 11.8. The lowest BCUT2D eigenvalue weighted by molar-refractivity contribution is 0.326. The second-order valence-corrected chi connectivity index (χ2v) is 9.26. The minimum atomic E-state index is -3.30. The first-order valence-electron chi connectivity index (χ1n) is 7.55. The summed E-state index contributed by atoms with van der Waals surface area (Å²) in [5.41, 5.74) is 5.82. The third kappa shape index (κ3) is 2.53. The summed E-state index contributed by atoms with van der Waals surface area (Å²) in [6.45, 7) is 2.09. The molecule has 0 radical (unpaired) electrons. The molecule has 1 saturated heterocycles. The standard InChI is InChI=1S/C13H20N4O2S2/c14-12-11(21(18,19)10-3-4-10)13(20-16-12)15-8-5-6-17(7-8)9-1-2-9/h8-10,15H,1-7H2,(H2,14,16). The van der Waals surface area contributed by atoms with Gasteiger partial charge in [-0.05, 0) is 43.6 Å². The summed E-state index contributed by atoms with van der Waals surface area (Å²) >= 11 is 1.18. The highest BCUT2D eigenvalue weighted by molar-refractivity contribution is 7.92. The molecule has 8 heteroatoms. The molecule has 0 bridgehead atoms. The van der Waals surface area contributed by atoms with Crippen molar-refractivity contribution in [3.05, 3.63) is 0 Å². The molecule has 3 N–H and O–H groups in total. The molecule has 21 heavy (non-hydrogen) atoms. The molecule has 1 aliphatic heterocycles. The van der Waals surface area contributed by atoms with Crippen LogP contribution in [-0.2, 0) is 9.84 Å². The molecule has 6 nitrogen and oxygen atoms in total. The van der Waals surface area contributed by atoms with Crippen molar-refractivity contribution in [1.82, 2.24) is 9.27 Å². The van der Waals surface area contributed by atoms with Crippen LogP contribution in [0.25, 0.3) is 0 Å². The Kier molecular flexibility index (Phi) is 3.16. The fourth-order valence-electron chi connectivity index (χ4n) is 3.07. The average molecular weight is 328 g/mol. The molecule has 2 aliphatic carbocycles. The van der Waals surface area contributed by atoms with E-state index < -0.39 is 9.84 Å². The summed E-state index contributed by atoms with van der Waals surface area (Å²) < 4.78 is 29.0. The average Bonchev–Trinajstić information content (AvgIpc) is 3.35. The number of nitrogens with zero attached hydrogens (tertiary/aromatic N) is 2. The number of likely N-dealkylation sites (tertiary alicyclic amines) is 1. The van der Waals surface area contributed by atoms with Crippen molar-refractivity contribution in [2.45, 2.75) is 54.3 Å². The molecule has 1 aromatic heterocycles. The Morgan fingerprint density at radius 3 is 2.67 bits per heavy atom. The van der Waals surface area contributed by atoms with E-state index in [9.17, 15) is 8.42 Å². The zero-order valence-corrected chi connectivity index (χ0v) is 13.4. The Hall–Kier alpha value is -0.860. The lowest BCUT2D eigenvalue weighted by Crippen LogP contribution is -2.28. The first kappa shape index (κ1) is 13.8. The smallest absolute Gasteiger partial charge is 0.187 e. The summed E-state index contributed by atoms with van der Waals surface area (Å²) in [7, 11) is -3.30. The Morgan fingerprint density at radius 2 is 2.00 bits per heavy atom. The number of sulfone groups is 1. The second-order valence-electron chi connectivity index (χ2n) is 6.33. The van der Waals surface area contributed by atoms with Crippen LogP contribution in [0.1, 0.15) is 32.1 Å². The first-order chi connectivity index (χ1) is 10.1. The van der Waals surface area contributed by atoms with Gasteiger partial charge in [-0.15, -0.1) is 0 Å². The Bertz CT molecular complexity index is 649. The van der Waals surface area contributed by atoms with Gasteiger partial charge in [0.05, 0.1) is 5.25 Å². The van der Waals surface area contributed by atoms with E-state index in [1.807, 2.05) is 0 Å². The maximum absolute atomic E-state index is 12.5. The van der Waals surface area contributed by atoms with E-state index in [1.165, 1.54) is 24.4 Å². The number of nitrogen functional groups attached to an aromatic ring is 1. The number of rotatable bonds is 5. The fraction of sp³-hybridized carbons (Fsp3) is 0.769. The number of hydrogen-bond acceptors (Lipinski definition) is 7. The van der Waals surface area contributed by atoms with E-state index >= 15 is 0 Å². The van der Waals surface area contributed by atoms with Crippen LogP contribution in [0.4, 0.5) is 10.8 Å². The van der Waals surface area contributed by atoms with Crippen LogP contribution in [0.3, 0.4) is 0 Å². The summed E-state index contributed by atoms with van der Waals surface area (Å²) in [6, 6.07) is 1.07. The lowest BCUT2D eigenvalue weighted by atomic mass is 10.3. The minimum absolute atomic E-state index is 0.159. The maximum atomic E-state index is 12.5. The van der Waals surface area contributed by atoms with E-state index in [-0.39, 0.29) is 16.0 Å². The van der Waals surface area contributed by atoms with Crippen LogP contribution < -0.4 is 11.1 Å². The van der Waals surface area contributed by atoms with E-state index in [4.69, 9.17) is 5.73 Å². The SMILES string of the molecule is Nc1nsc(NC2CCN(C3CC3)C2)c1S(=O)(=O)C1CC1. The predicted molar refractivity (Wildman–Crippen MR) is 83.4 cm³/mol. The van der Waals surface area contributed by atoms with Gasteiger partial charge in [0.25, 0.3) is 0 Å². The number of hydrogen-bond donors (Lipinski definition) is 2. The van der Waals surface area contributed by atoms with Crippen LogP contribution in [0.15, 0.2) is 4.90 Å². The lowest BCUT2D eigenvalue weighted by Gasteiger charge is -2.16. The van der Waals surface area contributed by atoms with Crippen LogP contribution in [0.5, 0.6) is 0 Å². The van der Waals surface area contributed by atoms with Gasteiger partial charge in [0.1, 0.15) is 9.90 Å². The largest absolute Gasteiger partial charge is 0.382 e. The molecule has 116 valence electrons. The molecule has 3 fully saturated rings. The van der Waals surface area contributed by atoms with Crippen LogP contribution >= 0.6 is 11.5 Å². The predicted octanol–water partition coefficient (Wildman–Crippen LogP) is 1.31. The monoisotopic (exact) mass is 328 g/mol. The van der Waals surface area contributed by atoms with Gasteiger partial charge in [0, 0.05) is 25.2 Å². The third-order valence-electron chi connectivity index (χ3n) is 4.54. The molecule has 2 saturated carbocycles. The van der Waals surface area contributed by atoms with E-state index in [0.29, 0.717) is 11.0 Å². The molecular formula is C13H20N4O2S2. The Morgan fingerprint density at radius 1 is 1.24 bits per heavy atom. The number of anilines is 2. The molecule has 4 rings (SSSR count). The van der Waals surface area contributed by atoms with E-state index in [0.717, 1.165) is 38.4 Å². The fourth-order valence-corrected chi connectivity index (χ4v) is 6.02. The summed E-state index contributed by atoms with van der Waals surface area (Å²) in [5.74, 6) is 0.159. The normalized spacial score (nSPS) is 27.1. The molecule has 1 unspecified atom stereocenters. The van der Waals surface area contributed by atoms with Crippen molar-refractivity contribution in [2.24, 2.45) is 0 Å². The topological polar surface area (TPSA) is 88.3 Å². The summed E-state index contributed by atoms with van der Waals surface area (Å²) in [4.78, 5) is 2.75. The quantitative estimate of drug-likeness (QED) is 0.847. The van der Waals surface area contributed by atoms with Gasteiger partial charge in [-0.2, -0.15) is 4.37 Å².